The highest BCUT2D eigenvalue weighted by Crippen LogP contribution is 2.23. The molecule has 1 atom stereocenters. The Kier molecular flexibility index (Phi) is 8.14. The summed E-state index contributed by atoms with van der Waals surface area (Å²) in [5, 5.41) is 0. The van der Waals surface area contributed by atoms with Crippen molar-refractivity contribution in [2.75, 3.05) is 13.7 Å². The molecule has 120 valence electrons. The number of hydrogen-bond donors (Lipinski definition) is 0. The highest BCUT2D eigenvalue weighted by atomic mass is 16.5. The third-order valence-corrected chi connectivity index (χ3v) is 3.84. The smallest absolute Gasteiger partial charge is 0.307 e. The summed E-state index contributed by atoms with van der Waals surface area (Å²) in [4.78, 5) is 11.5. The summed E-state index contributed by atoms with van der Waals surface area (Å²) in [5.41, 5.74) is 1.01. The quantitative estimate of drug-likeness (QED) is 0.534. The zero-order chi connectivity index (χ0) is 16.4. The van der Waals surface area contributed by atoms with Crippen LogP contribution in [0.3, 0.4) is 0 Å². The highest BCUT2D eigenvalue weighted by molar-refractivity contribution is 5.71. The fourth-order valence-corrected chi connectivity index (χ4v) is 2.21. The molecular weight excluding hydrogens is 276 g/mol. The van der Waals surface area contributed by atoms with E-state index in [-0.39, 0.29) is 18.3 Å². The summed E-state index contributed by atoms with van der Waals surface area (Å²) in [6.07, 6.45) is 2.52. The maximum absolute atomic E-state index is 11.5. The summed E-state index contributed by atoms with van der Waals surface area (Å²) >= 11 is 0. The van der Waals surface area contributed by atoms with Gasteiger partial charge in [-0.15, -0.1) is 5.92 Å². The second kappa shape index (κ2) is 9.89. The van der Waals surface area contributed by atoms with Crippen LogP contribution in [0.1, 0.15) is 51.5 Å². The molecule has 0 heterocycles. The van der Waals surface area contributed by atoms with Crippen LogP contribution in [-0.4, -0.2) is 19.7 Å². The standard InChI is InChI=1S/C19H26O3/c1-5-8-17(13-19(20)21-4)16-9-11-18(12-10-16)22-14-15(6-2)7-3/h9-12,15,17H,6-7,13-14H2,1-4H3/t17-/m0/s1. The van der Waals surface area contributed by atoms with Crippen LogP contribution in [-0.2, 0) is 9.53 Å². The Bertz CT molecular complexity index is 504. The van der Waals surface area contributed by atoms with Crippen molar-refractivity contribution in [2.45, 2.75) is 46.0 Å². The molecule has 0 spiro atoms. The molecule has 0 N–H and O–H groups in total. The number of benzene rings is 1. The molecule has 0 saturated heterocycles. The van der Waals surface area contributed by atoms with E-state index in [2.05, 4.69) is 25.7 Å². The normalized spacial score (nSPS) is 11.5. The minimum atomic E-state index is -0.248. The van der Waals surface area contributed by atoms with Crippen molar-refractivity contribution < 1.29 is 14.3 Å². The number of methoxy groups -OCH3 is 1. The predicted molar refractivity (Wildman–Crippen MR) is 88.8 cm³/mol. The van der Waals surface area contributed by atoms with Crippen LogP contribution in [0.5, 0.6) is 5.75 Å². The van der Waals surface area contributed by atoms with E-state index in [1.165, 1.54) is 7.11 Å². The first-order chi connectivity index (χ1) is 10.6. The fraction of sp³-hybridized carbons (Fsp3) is 0.526. The van der Waals surface area contributed by atoms with Crippen molar-refractivity contribution in [3.63, 3.8) is 0 Å². The average molecular weight is 302 g/mol. The Labute approximate surface area is 134 Å². The number of esters is 1. The van der Waals surface area contributed by atoms with Gasteiger partial charge in [0.05, 0.1) is 26.1 Å². The van der Waals surface area contributed by atoms with Gasteiger partial charge in [-0.1, -0.05) is 44.7 Å². The van der Waals surface area contributed by atoms with Gasteiger partial charge in [0.2, 0.25) is 0 Å². The number of carbonyl (C=O) groups excluding carboxylic acids is 1. The zero-order valence-corrected chi connectivity index (χ0v) is 14.0. The first kappa shape index (κ1) is 18.1. The predicted octanol–water partition coefficient (Wildman–Crippen LogP) is 4.17. The number of carbonyl (C=O) groups is 1. The van der Waals surface area contributed by atoms with Gasteiger partial charge in [0.25, 0.3) is 0 Å². The Morgan fingerprint density at radius 2 is 1.82 bits per heavy atom. The number of ether oxygens (including phenoxy) is 2. The Morgan fingerprint density at radius 1 is 1.18 bits per heavy atom. The van der Waals surface area contributed by atoms with Crippen LogP contribution in [0, 0.1) is 17.8 Å². The van der Waals surface area contributed by atoms with Crippen LogP contribution >= 0.6 is 0 Å². The molecule has 0 radical (unpaired) electrons. The first-order valence-corrected chi connectivity index (χ1v) is 7.86. The molecule has 0 bridgehead atoms. The Hall–Kier alpha value is -1.95. The second-order valence-corrected chi connectivity index (χ2v) is 5.29. The summed E-state index contributed by atoms with van der Waals surface area (Å²) in [6.45, 7) is 6.88. The fourth-order valence-electron chi connectivity index (χ4n) is 2.21. The molecule has 3 heteroatoms. The van der Waals surface area contributed by atoms with Crippen molar-refractivity contribution in [1.29, 1.82) is 0 Å². The summed E-state index contributed by atoms with van der Waals surface area (Å²) in [7, 11) is 1.40. The molecule has 3 nitrogen and oxygen atoms in total. The lowest BCUT2D eigenvalue weighted by Crippen LogP contribution is -2.10. The van der Waals surface area contributed by atoms with Crippen LogP contribution < -0.4 is 4.74 Å². The lowest BCUT2D eigenvalue weighted by atomic mass is 9.96. The largest absolute Gasteiger partial charge is 0.493 e. The van der Waals surface area contributed by atoms with Gasteiger partial charge in [-0.05, 0) is 30.5 Å². The van der Waals surface area contributed by atoms with E-state index >= 15 is 0 Å². The van der Waals surface area contributed by atoms with Gasteiger partial charge in [-0.2, -0.15) is 0 Å². The van der Waals surface area contributed by atoms with E-state index in [9.17, 15) is 4.79 Å². The van der Waals surface area contributed by atoms with Crippen LogP contribution in [0.2, 0.25) is 0 Å². The SMILES string of the molecule is CC#C[C@@H](CC(=O)OC)c1ccc(OCC(CC)CC)cc1. The number of rotatable bonds is 8. The summed E-state index contributed by atoms with van der Waals surface area (Å²) in [5.74, 6) is 7.01. The van der Waals surface area contributed by atoms with Gasteiger partial charge in [0.15, 0.2) is 0 Å². The van der Waals surface area contributed by atoms with Crippen molar-refractivity contribution in [2.24, 2.45) is 5.92 Å². The summed E-state index contributed by atoms with van der Waals surface area (Å²) < 4.78 is 10.5. The van der Waals surface area contributed by atoms with E-state index < -0.39 is 0 Å². The molecule has 22 heavy (non-hydrogen) atoms. The van der Waals surface area contributed by atoms with Gasteiger partial charge in [-0.25, -0.2) is 0 Å². The molecule has 0 unspecified atom stereocenters. The van der Waals surface area contributed by atoms with Crippen LogP contribution in [0.15, 0.2) is 24.3 Å². The molecule has 0 aromatic heterocycles. The lowest BCUT2D eigenvalue weighted by molar-refractivity contribution is -0.140. The molecule has 0 aliphatic rings. The second-order valence-electron chi connectivity index (χ2n) is 5.29. The molecule has 1 aromatic carbocycles. The van der Waals surface area contributed by atoms with E-state index in [4.69, 9.17) is 9.47 Å². The molecule has 1 rings (SSSR count). The average Bonchev–Trinajstić information content (AvgIpc) is 2.56. The molecule has 0 fully saturated rings. The van der Waals surface area contributed by atoms with Crippen molar-refractivity contribution in [3.8, 4) is 17.6 Å². The van der Waals surface area contributed by atoms with E-state index in [0.29, 0.717) is 5.92 Å². The Morgan fingerprint density at radius 3 is 2.32 bits per heavy atom. The van der Waals surface area contributed by atoms with Crippen molar-refractivity contribution >= 4 is 5.97 Å². The van der Waals surface area contributed by atoms with Gasteiger partial charge in [-0.3, -0.25) is 4.79 Å². The monoisotopic (exact) mass is 302 g/mol. The lowest BCUT2D eigenvalue weighted by Gasteiger charge is -2.15. The van der Waals surface area contributed by atoms with E-state index in [1.54, 1.807) is 6.92 Å². The zero-order valence-electron chi connectivity index (χ0n) is 14.0. The minimum Gasteiger partial charge on any atom is -0.493 e. The van der Waals surface area contributed by atoms with Crippen LogP contribution in [0.4, 0.5) is 0 Å². The van der Waals surface area contributed by atoms with Crippen molar-refractivity contribution in [1.82, 2.24) is 0 Å². The number of hydrogen-bond acceptors (Lipinski definition) is 3. The van der Waals surface area contributed by atoms with Gasteiger partial charge in [0.1, 0.15) is 5.75 Å². The minimum absolute atomic E-state index is 0.134. The molecule has 0 aliphatic heterocycles. The Balaban J connectivity index is 2.71. The van der Waals surface area contributed by atoms with Crippen LogP contribution in [0.25, 0.3) is 0 Å². The maximum atomic E-state index is 11.5. The summed E-state index contributed by atoms with van der Waals surface area (Å²) in [6, 6.07) is 7.83. The molecule has 0 amide bonds. The molecule has 1 aromatic rings. The van der Waals surface area contributed by atoms with Crippen molar-refractivity contribution in [3.05, 3.63) is 29.8 Å². The molecule has 0 saturated carbocycles. The van der Waals surface area contributed by atoms with E-state index in [0.717, 1.165) is 30.8 Å². The maximum Gasteiger partial charge on any atom is 0.307 e. The molecule has 0 aliphatic carbocycles. The first-order valence-electron chi connectivity index (χ1n) is 7.86. The van der Waals surface area contributed by atoms with Gasteiger partial charge >= 0.3 is 5.97 Å². The highest BCUT2D eigenvalue weighted by Gasteiger charge is 2.14. The van der Waals surface area contributed by atoms with E-state index in [1.807, 2.05) is 24.3 Å². The third-order valence-electron chi connectivity index (χ3n) is 3.84. The third kappa shape index (κ3) is 5.81. The molecular formula is C19H26O3. The van der Waals surface area contributed by atoms with Gasteiger partial charge in [0, 0.05) is 0 Å². The topological polar surface area (TPSA) is 35.5 Å². The van der Waals surface area contributed by atoms with Gasteiger partial charge < -0.3 is 9.47 Å².